The van der Waals surface area contributed by atoms with Crippen molar-refractivity contribution in [2.24, 2.45) is 45.3 Å². The number of carbonyl (C=O) groups is 1. The summed E-state index contributed by atoms with van der Waals surface area (Å²) >= 11 is 0. The molecule has 36 heavy (non-hydrogen) atoms. The molecule has 4 heteroatoms. The lowest BCUT2D eigenvalue weighted by molar-refractivity contribution is -0.147. The van der Waals surface area contributed by atoms with Gasteiger partial charge in [-0.1, -0.05) is 53.2 Å². The second-order valence-electron chi connectivity index (χ2n) is 14.8. The highest BCUT2D eigenvalue weighted by Gasteiger charge is 2.65. The predicted octanol–water partition coefficient (Wildman–Crippen LogP) is 6.72. The van der Waals surface area contributed by atoms with Crippen molar-refractivity contribution < 1.29 is 19.7 Å². The van der Waals surface area contributed by atoms with Gasteiger partial charge in [0.25, 0.3) is 0 Å². The van der Waals surface area contributed by atoms with Gasteiger partial charge in [-0.3, -0.25) is 4.79 Å². The van der Waals surface area contributed by atoms with Crippen LogP contribution in [0.15, 0.2) is 11.6 Å². The maximum Gasteiger partial charge on any atom is 0.138 e. The summed E-state index contributed by atoms with van der Waals surface area (Å²) in [6.07, 6.45) is 9.09. The van der Waals surface area contributed by atoms with Gasteiger partial charge < -0.3 is 14.9 Å². The molecule has 0 aromatic carbocycles. The highest BCUT2D eigenvalue weighted by Crippen LogP contribution is 2.73. The number of aliphatic hydroxyl groups is 2. The van der Waals surface area contributed by atoms with Crippen LogP contribution in [0.5, 0.6) is 0 Å². The van der Waals surface area contributed by atoms with Gasteiger partial charge in [-0.05, 0) is 106 Å². The Balaban J connectivity index is 1.57. The molecule has 206 valence electrons. The molecule has 0 radical (unpaired) electrons. The molecule has 4 nitrogen and oxygen atoms in total. The molecule has 9 unspecified atom stereocenters. The molecule has 2 N–H and O–H groups in total. The molecule has 0 spiro atoms. The van der Waals surface area contributed by atoms with Gasteiger partial charge in [-0.25, -0.2) is 0 Å². The van der Waals surface area contributed by atoms with Crippen molar-refractivity contribution in [3.8, 4) is 0 Å². The number of carbonyl (C=O) groups excluding carboxylic acids is 1. The minimum absolute atomic E-state index is 0.169. The molecular formula is C32H54O4. The van der Waals surface area contributed by atoms with E-state index in [2.05, 4.69) is 47.6 Å². The topological polar surface area (TPSA) is 66.8 Å². The van der Waals surface area contributed by atoms with Gasteiger partial charge >= 0.3 is 0 Å². The molecule has 0 amide bonds. The number of ketones is 1. The van der Waals surface area contributed by atoms with Gasteiger partial charge in [0, 0.05) is 18.4 Å². The molecule has 4 aliphatic rings. The SMILES string of the molecule is CCOC(C)(C)C(O)C(O)CC(C)C1CCC2(C)C3=CCC4C(C)(C)C(=O)CCC4(C)C3CCC12C. The maximum atomic E-state index is 12.9. The van der Waals surface area contributed by atoms with Crippen LogP contribution in [-0.4, -0.2) is 40.4 Å². The molecule has 0 heterocycles. The summed E-state index contributed by atoms with van der Waals surface area (Å²) < 4.78 is 5.74. The molecule has 4 rings (SSSR count). The van der Waals surface area contributed by atoms with Gasteiger partial charge in [-0.15, -0.1) is 0 Å². The van der Waals surface area contributed by atoms with Crippen LogP contribution in [0.4, 0.5) is 0 Å². The highest BCUT2D eigenvalue weighted by molar-refractivity contribution is 5.85. The Morgan fingerprint density at radius 2 is 1.75 bits per heavy atom. The second kappa shape index (κ2) is 9.19. The van der Waals surface area contributed by atoms with E-state index in [-0.39, 0.29) is 21.7 Å². The first-order valence-electron chi connectivity index (χ1n) is 14.8. The van der Waals surface area contributed by atoms with Gasteiger partial charge in [0.15, 0.2) is 0 Å². The summed E-state index contributed by atoms with van der Waals surface area (Å²) in [4.78, 5) is 12.9. The lowest BCUT2D eigenvalue weighted by Crippen LogP contribution is -2.57. The molecule has 0 saturated heterocycles. The van der Waals surface area contributed by atoms with Crippen molar-refractivity contribution in [3.63, 3.8) is 0 Å². The van der Waals surface area contributed by atoms with Crippen LogP contribution in [0.1, 0.15) is 114 Å². The predicted molar refractivity (Wildman–Crippen MR) is 145 cm³/mol. The third-order valence-electron chi connectivity index (χ3n) is 12.5. The number of aliphatic hydroxyl groups excluding tert-OH is 2. The molecule has 0 aromatic rings. The average Bonchev–Trinajstić information content (AvgIpc) is 3.07. The zero-order chi connectivity index (χ0) is 26.9. The molecular weight excluding hydrogens is 448 g/mol. The lowest BCUT2D eigenvalue weighted by atomic mass is 9.41. The number of Topliss-reactive ketones (excluding diaryl/α,β-unsaturated/α-hetero) is 1. The van der Waals surface area contributed by atoms with Crippen molar-refractivity contribution in [1.82, 2.24) is 0 Å². The minimum atomic E-state index is -0.897. The number of hydrogen-bond donors (Lipinski definition) is 2. The van der Waals surface area contributed by atoms with Crippen LogP contribution < -0.4 is 0 Å². The fourth-order valence-electron chi connectivity index (χ4n) is 10.1. The van der Waals surface area contributed by atoms with E-state index in [4.69, 9.17) is 4.74 Å². The summed E-state index contributed by atoms with van der Waals surface area (Å²) in [5.41, 5.74) is 1.28. The molecule has 0 aromatic heterocycles. The van der Waals surface area contributed by atoms with Gasteiger partial charge in [-0.2, -0.15) is 0 Å². The number of hydrogen-bond acceptors (Lipinski definition) is 4. The zero-order valence-corrected chi connectivity index (χ0v) is 24.6. The summed E-state index contributed by atoms with van der Waals surface area (Å²) in [7, 11) is 0. The van der Waals surface area contributed by atoms with E-state index in [0.29, 0.717) is 42.5 Å². The van der Waals surface area contributed by atoms with E-state index in [1.165, 1.54) is 25.7 Å². The fourth-order valence-corrected chi connectivity index (χ4v) is 10.1. The van der Waals surface area contributed by atoms with E-state index in [9.17, 15) is 15.0 Å². The van der Waals surface area contributed by atoms with Crippen molar-refractivity contribution in [1.29, 1.82) is 0 Å². The van der Waals surface area contributed by atoms with Crippen LogP contribution in [-0.2, 0) is 9.53 Å². The van der Waals surface area contributed by atoms with Gasteiger partial charge in [0.05, 0.1) is 11.7 Å². The summed E-state index contributed by atoms with van der Waals surface area (Å²) in [6, 6.07) is 0. The van der Waals surface area contributed by atoms with Crippen molar-refractivity contribution in [2.45, 2.75) is 131 Å². The first kappa shape index (κ1) is 28.3. The van der Waals surface area contributed by atoms with E-state index in [0.717, 1.165) is 19.3 Å². The average molecular weight is 503 g/mol. The Bertz CT molecular complexity index is 889. The van der Waals surface area contributed by atoms with Crippen LogP contribution in [0.3, 0.4) is 0 Å². The van der Waals surface area contributed by atoms with Crippen molar-refractivity contribution in [2.75, 3.05) is 6.61 Å². The Labute approximate surface area is 220 Å². The zero-order valence-electron chi connectivity index (χ0n) is 24.6. The molecule has 9 atom stereocenters. The lowest BCUT2D eigenvalue weighted by Gasteiger charge is -2.63. The van der Waals surface area contributed by atoms with Crippen molar-refractivity contribution >= 4 is 5.78 Å². The molecule has 0 bridgehead atoms. The van der Waals surface area contributed by atoms with Crippen LogP contribution >= 0.6 is 0 Å². The molecule has 0 aliphatic heterocycles. The van der Waals surface area contributed by atoms with E-state index in [1.54, 1.807) is 5.57 Å². The number of fused-ring (bicyclic) bond motifs is 5. The Kier molecular flexibility index (Phi) is 7.23. The van der Waals surface area contributed by atoms with E-state index in [1.807, 2.05) is 20.8 Å². The highest BCUT2D eigenvalue weighted by atomic mass is 16.5. The minimum Gasteiger partial charge on any atom is -0.390 e. The van der Waals surface area contributed by atoms with E-state index >= 15 is 0 Å². The normalized spacial score (nSPS) is 42.6. The van der Waals surface area contributed by atoms with Crippen LogP contribution in [0.2, 0.25) is 0 Å². The van der Waals surface area contributed by atoms with Crippen molar-refractivity contribution in [3.05, 3.63) is 11.6 Å². The number of ether oxygens (including phenoxy) is 1. The first-order chi connectivity index (χ1) is 16.6. The van der Waals surface area contributed by atoms with Crippen LogP contribution in [0.25, 0.3) is 0 Å². The molecule has 3 fully saturated rings. The fraction of sp³-hybridized carbons (Fsp3) is 0.906. The largest absolute Gasteiger partial charge is 0.390 e. The summed E-state index contributed by atoms with van der Waals surface area (Å²) in [5.74, 6) is 2.33. The summed E-state index contributed by atoms with van der Waals surface area (Å²) in [5, 5.41) is 21.9. The van der Waals surface area contributed by atoms with Gasteiger partial charge in [0.2, 0.25) is 0 Å². The number of rotatable bonds is 7. The Morgan fingerprint density at radius 3 is 2.39 bits per heavy atom. The monoisotopic (exact) mass is 502 g/mol. The second-order valence-corrected chi connectivity index (χ2v) is 14.8. The van der Waals surface area contributed by atoms with E-state index < -0.39 is 17.8 Å². The number of allylic oxidation sites excluding steroid dienone is 2. The summed E-state index contributed by atoms with van der Waals surface area (Å²) in [6.45, 7) is 20.4. The maximum absolute atomic E-state index is 12.9. The smallest absolute Gasteiger partial charge is 0.138 e. The molecule has 3 saturated carbocycles. The quantitative estimate of drug-likeness (QED) is 0.379. The Hall–Kier alpha value is -0.710. The standard InChI is InChI=1S/C32H54O4/c1-10-36-29(5,6)27(35)24(33)19-20(2)21-13-17-32(9)23-11-12-25-28(3,4)26(34)15-16-30(25,7)22(23)14-18-31(21,32)8/h11,20-22,24-25,27,33,35H,10,12-19H2,1-9H3. The Morgan fingerprint density at radius 1 is 1.08 bits per heavy atom. The first-order valence-corrected chi connectivity index (χ1v) is 14.8. The van der Waals surface area contributed by atoms with Crippen LogP contribution in [0, 0.1) is 45.3 Å². The third-order valence-corrected chi connectivity index (χ3v) is 12.5. The third kappa shape index (κ3) is 3.99. The van der Waals surface area contributed by atoms with Gasteiger partial charge in [0.1, 0.15) is 11.9 Å². The molecule has 4 aliphatic carbocycles.